The second kappa shape index (κ2) is 8.69. The summed E-state index contributed by atoms with van der Waals surface area (Å²) in [4.78, 5) is 0.978. The van der Waals surface area contributed by atoms with E-state index in [1.54, 1.807) is 11.8 Å². The van der Waals surface area contributed by atoms with Gasteiger partial charge in [0.05, 0.1) is 12.2 Å². The number of amidine groups is 1. The zero-order chi connectivity index (χ0) is 14.1. The lowest BCUT2D eigenvalue weighted by atomic mass is 10.2. The Hall–Kier alpha value is -1.36. The van der Waals surface area contributed by atoms with Crippen LogP contribution in [0.5, 0.6) is 5.75 Å². The largest absolute Gasteiger partial charge is 0.493 e. The van der Waals surface area contributed by atoms with Crippen LogP contribution in [-0.2, 0) is 0 Å². The average molecular weight is 282 g/mol. The third kappa shape index (κ3) is 4.67. The van der Waals surface area contributed by atoms with Gasteiger partial charge in [-0.05, 0) is 24.3 Å². The van der Waals surface area contributed by atoms with Crippen LogP contribution in [0.15, 0.2) is 28.3 Å². The normalized spacial score (nSPS) is 11.6. The molecule has 0 bridgehead atoms. The molecule has 0 aliphatic rings. The predicted octanol–water partition coefficient (Wildman–Crippen LogP) is 3.46. The molecule has 0 atom stereocenters. The van der Waals surface area contributed by atoms with Gasteiger partial charge in [0.15, 0.2) is 5.84 Å². The van der Waals surface area contributed by atoms with Crippen molar-refractivity contribution in [3.8, 4) is 5.75 Å². The van der Waals surface area contributed by atoms with Gasteiger partial charge in [0.1, 0.15) is 5.75 Å². The quantitative estimate of drug-likeness (QED) is 0.191. The summed E-state index contributed by atoms with van der Waals surface area (Å²) in [5.41, 5.74) is 6.45. The van der Waals surface area contributed by atoms with Crippen LogP contribution in [0.1, 0.15) is 38.7 Å². The van der Waals surface area contributed by atoms with Gasteiger partial charge in [-0.25, -0.2) is 0 Å². The van der Waals surface area contributed by atoms with Crippen molar-refractivity contribution in [3.63, 3.8) is 0 Å². The number of nitrogens with two attached hydrogens (primary N) is 1. The summed E-state index contributed by atoms with van der Waals surface area (Å²) in [6.07, 6.45) is 3.31. The number of nitrogens with zero attached hydrogens (tertiary/aromatic N) is 1. The van der Waals surface area contributed by atoms with Gasteiger partial charge in [-0.2, -0.15) is 0 Å². The van der Waals surface area contributed by atoms with Crippen LogP contribution in [-0.4, -0.2) is 23.4 Å². The fraction of sp³-hybridized carbons (Fsp3) is 0.500. The smallest absolute Gasteiger partial charge is 0.174 e. The summed E-state index contributed by atoms with van der Waals surface area (Å²) >= 11 is 1.65. The topological polar surface area (TPSA) is 67.8 Å². The molecule has 0 aliphatic heterocycles. The molecule has 0 heterocycles. The summed E-state index contributed by atoms with van der Waals surface area (Å²) in [6.45, 7) is 4.87. The van der Waals surface area contributed by atoms with Gasteiger partial charge in [0.25, 0.3) is 0 Å². The van der Waals surface area contributed by atoms with Gasteiger partial charge < -0.3 is 15.7 Å². The summed E-state index contributed by atoms with van der Waals surface area (Å²) in [5.74, 6) is 1.71. The summed E-state index contributed by atoms with van der Waals surface area (Å²) in [7, 11) is 0. The van der Waals surface area contributed by atoms with Crippen LogP contribution in [0.3, 0.4) is 0 Å². The first kappa shape index (κ1) is 15.7. The molecule has 0 fully saturated rings. The molecule has 0 spiro atoms. The molecule has 0 unspecified atom stereocenters. The number of rotatable bonds is 8. The van der Waals surface area contributed by atoms with E-state index in [1.165, 1.54) is 0 Å². The molecule has 0 amide bonds. The number of oxime groups is 1. The van der Waals surface area contributed by atoms with Crippen molar-refractivity contribution in [2.24, 2.45) is 10.9 Å². The lowest BCUT2D eigenvalue weighted by molar-refractivity contribution is 0.302. The molecule has 4 nitrogen and oxygen atoms in total. The van der Waals surface area contributed by atoms with Crippen molar-refractivity contribution in [3.05, 3.63) is 23.8 Å². The average Bonchev–Trinajstić information content (AvgIpc) is 2.43. The highest BCUT2D eigenvalue weighted by Gasteiger charge is 2.14. The Bertz CT molecular complexity index is 422. The maximum absolute atomic E-state index is 8.91. The molecule has 0 saturated heterocycles. The van der Waals surface area contributed by atoms with Gasteiger partial charge in [0.2, 0.25) is 0 Å². The van der Waals surface area contributed by atoms with E-state index >= 15 is 0 Å². The van der Waals surface area contributed by atoms with Crippen molar-refractivity contribution < 1.29 is 9.94 Å². The highest BCUT2D eigenvalue weighted by molar-refractivity contribution is 7.99. The predicted molar refractivity (Wildman–Crippen MR) is 80.4 cm³/mol. The number of ether oxygens (including phenoxy) is 1. The fourth-order valence-corrected chi connectivity index (χ4v) is 2.58. The Balaban J connectivity index is 2.92. The molecule has 3 N–H and O–H groups in total. The Labute approximate surface area is 119 Å². The van der Waals surface area contributed by atoms with E-state index in [1.807, 2.05) is 18.2 Å². The fourth-order valence-electron chi connectivity index (χ4n) is 1.74. The standard InChI is InChI=1S/C14H22N2O2S/c1-3-5-6-10-18-11-8-7-9-12(19-4-2)13(11)14(15)16-17/h7-9,17H,3-6,10H2,1-2H3,(H2,15,16). The molecule has 1 aromatic carbocycles. The molecular formula is C14H22N2O2S. The van der Waals surface area contributed by atoms with E-state index in [-0.39, 0.29) is 5.84 Å². The molecule has 0 saturated carbocycles. The van der Waals surface area contributed by atoms with Crippen LogP contribution in [0.25, 0.3) is 0 Å². The minimum atomic E-state index is 0.0991. The zero-order valence-electron chi connectivity index (χ0n) is 11.6. The molecule has 106 valence electrons. The first-order valence-electron chi connectivity index (χ1n) is 6.61. The van der Waals surface area contributed by atoms with E-state index in [9.17, 15) is 0 Å². The van der Waals surface area contributed by atoms with Crippen molar-refractivity contribution in [1.82, 2.24) is 0 Å². The third-order valence-electron chi connectivity index (χ3n) is 2.66. The minimum absolute atomic E-state index is 0.0991. The molecule has 1 aromatic rings. The van der Waals surface area contributed by atoms with Crippen molar-refractivity contribution >= 4 is 17.6 Å². The number of hydrogen-bond donors (Lipinski definition) is 2. The number of thioether (sulfide) groups is 1. The second-order valence-corrected chi connectivity index (χ2v) is 5.41. The highest BCUT2D eigenvalue weighted by atomic mass is 32.2. The van der Waals surface area contributed by atoms with E-state index in [0.29, 0.717) is 17.9 Å². The monoisotopic (exact) mass is 282 g/mol. The van der Waals surface area contributed by atoms with Crippen molar-refractivity contribution in [2.45, 2.75) is 38.0 Å². The maximum Gasteiger partial charge on any atom is 0.174 e. The van der Waals surface area contributed by atoms with Gasteiger partial charge >= 0.3 is 0 Å². The highest BCUT2D eigenvalue weighted by Crippen LogP contribution is 2.30. The maximum atomic E-state index is 8.91. The van der Waals surface area contributed by atoms with Crippen LogP contribution in [0.4, 0.5) is 0 Å². The molecule has 0 aromatic heterocycles. The second-order valence-electron chi connectivity index (χ2n) is 4.10. The van der Waals surface area contributed by atoms with Crippen molar-refractivity contribution in [2.75, 3.05) is 12.4 Å². The van der Waals surface area contributed by atoms with Gasteiger partial charge in [-0.15, -0.1) is 11.8 Å². The van der Waals surface area contributed by atoms with E-state index in [2.05, 4.69) is 19.0 Å². The SMILES string of the molecule is CCCCCOc1cccc(SCC)c1/C(N)=N/O. The van der Waals surface area contributed by atoms with Crippen LogP contribution in [0.2, 0.25) is 0 Å². The minimum Gasteiger partial charge on any atom is -0.493 e. The van der Waals surface area contributed by atoms with Crippen LogP contribution >= 0.6 is 11.8 Å². The van der Waals surface area contributed by atoms with Gasteiger partial charge in [-0.3, -0.25) is 0 Å². The van der Waals surface area contributed by atoms with E-state index < -0.39 is 0 Å². The molecule has 0 aliphatic carbocycles. The van der Waals surface area contributed by atoms with Crippen molar-refractivity contribution in [1.29, 1.82) is 0 Å². The molecule has 1 rings (SSSR count). The number of unbranched alkanes of at least 4 members (excludes halogenated alkanes) is 2. The summed E-state index contributed by atoms with van der Waals surface area (Å²) in [6, 6.07) is 5.75. The number of hydrogen-bond acceptors (Lipinski definition) is 4. The Kier molecular flexibility index (Phi) is 7.18. The lowest BCUT2D eigenvalue weighted by Gasteiger charge is -2.14. The first-order valence-corrected chi connectivity index (χ1v) is 7.59. The lowest BCUT2D eigenvalue weighted by Crippen LogP contribution is -2.16. The summed E-state index contributed by atoms with van der Waals surface area (Å²) < 4.78 is 5.76. The van der Waals surface area contributed by atoms with E-state index in [4.69, 9.17) is 15.7 Å². The summed E-state index contributed by atoms with van der Waals surface area (Å²) in [5, 5.41) is 12.0. The van der Waals surface area contributed by atoms with Crippen LogP contribution < -0.4 is 10.5 Å². The Morgan fingerprint density at radius 1 is 1.37 bits per heavy atom. The van der Waals surface area contributed by atoms with Crippen LogP contribution in [0, 0.1) is 0 Å². The molecular weight excluding hydrogens is 260 g/mol. The third-order valence-corrected chi connectivity index (χ3v) is 3.60. The Morgan fingerprint density at radius 2 is 2.16 bits per heavy atom. The Morgan fingerprint density at radius 3 is 2.79 bits per heavy atom. The molecule has 0 radical (unpaired) electrons. The molecule has 19 heavy (non-hydrogen) atoms. The van der Waals surface area contributed by atoms with Gasteiger partial charge in [-0.1, -0.05) is 37.9 Å². The molecule has 5 heteroatoms. The first-order chi connectivity index (χ1) is 9.24. The van der Waals surface area contributed by atoms with Gasteiger partial charge in [0, 0.05) is 4.90 Å². The zero-order valence-corrected chi connectivity index (χ0v) is 12.4. The van der Waals surface area contributed by atoms with E-state index in [0.717, 1.165) is 29.9 Å². The number of benzene rings is 1.